The fourth-order valence-electron chi connectivity index (χ4n) is 2.44. The summed E-state index contributed by atoms with van der Waals surface area (Å²) in [6.07, 6.45) is 0.988. The smallest absolute Gasteiger partial charge is 0.142 e. The van der Waals surface area contributed by atoms with Gasteiger partial charge in [-0.05, 0) is 37.9 Å². The third-order valence-electron chi connectivity index (χ3n) is 3.43. The van der Waals surface area contributed by atoms with Crippen LogP contribution in [0.25, 0.3) is 0 Å². The Kier molecular flexibility index (Phi) is 5.73. The molecule has 0 aliphatic rings. The predicted octanol–water partition coefficient (Wildman–Crippen LogP) is 3.31. The summed E-state index contributed by atoms with van der Waals surface area (Å²) >= 11 is 0. The van der Waals surface area contributed by atoms with Crippen molar-refractivity contribution in [2.24, 2.45) is 0 Å². The van der Waals surface area contributed by atoms with Gasteiger partial charge in [-0.2, -0.15) is 0 Å². The molecule has 102 valence electrons. The zero-order chi connectivity index (χ0) is 13.7. The molecule has 1 heterocycles. The number of rotatable bonds is 6. The highest BCUT2D eigenvalue weighted by Crippen LogP contribution is 2.21. The van der Waals surface area contributed by atoms with Crippen LogP contribution in [0.4, 0.5) is 0 Å². The minimum Gasteiger partial charge on any atom is -0.296 e. The molecule has 0 bridgehead atoms. The van der Waals surface area contributed by atoms with Crippen molar-refractivity contribution in [1.29, 1.82) is 0 Å². The van der Waals surface area contributed by atoms with Crippen molar-refractivity contribution in [2.75, 3.05) is 13.1 Å². The summed E-state index contributed by atoms with van der Waals surface area (Å²) in [6.45, 7) is 16.0. The Morgan fingerprint density at radius 3 is 2.11 bits per heavy atom. The lowest BCUT2D eigenvalue weighted by Gasteiger charge is -2.19. The van der Waals surface area contributed by atoms with Crippen LogP contribution < -0.4 is 0 Å². The molecule has 1 aromatic heterocycles. The van der Waals surface area contributed by atoms with Crippen LogP contribution in [0.5, 0.6) is 0 Å². The molecule has 1 aromatic rings. The van der Waals surface area contributed by atoms with Crippen molar-refractivity contribution in [1.82, 2.24) is 14.9 Å². The Morgan fingerprint density at radius 2 is 1.67 bits per heavy atom. The number of hydrogen-bond acceptors (Lipinski definition) is 3. The van der Waals surface area contributed by atoms with E-state index >= 15 is 0 Å². The Labute approximate surface area is 112 Å². The molecular weight excluding hydrogens is 222 g/mol. The van der Waals surface area contributed by atoms with Crippen molar-refractivity contribution < 1.29 is 0 Å². The quantitative estimate of drug-likeness (QED) is 0.774. The van der Waals surface area contributed by atoms with Gasteiger partial charge in [0.2, 0.25) is 0 Å². The largest absolute Gasteiger partial charge is 0.296 e. The van der Waals surface area contributed by atoms with E-state index in [0.717, 1.165) is 37.6 Å². The van der Waals surface area contributed by atoms with Crippen LogP contribution in [-0.2, 0) is 13.0 Å². The van der Waals surface area contributed by atoms with Gasteiger partial charge in [-0.25, -0.2) is 9.97 Å². The summed E-state index contributed by atoms with van der Waals surface area (Å²) in [5.41, 5.74) is 3.71. The van der Waals surface area contributed by atoms with Crippen LogP contribution in [0.1, 0.15) is 63.3 Å². The molecule has 0 atom stereocenters. The van der Waals surface area contributed by atoms with E-state index in [1.807, 2.05) is 0 Å². The van der Waals surface area contributed by atoms with E-state index in [1.54, 1.807) is 0 Å². The summed E-state index contributed by atoms with van der Waals surface area (Å²) in [5.74, 6) is 1.47. The van der Waals surface area contributed by atoms with Crippen molar-refractivity contribution >= 4 is 0 Å². The second kappa shape index (κ2) is 6.83. The maximum absolute atomic E-state index is 4.76. The molecular formula is C15H27N3. The lowest BCUT2D eigenvalue weighted by atomic mass is 9.98. The van der Waals surface area contributed by atoms with Crippen molar-refractivity contribution in [3.63, 3.8) is 0 Å². The summed E-state index contributed by atoms with van der Waals surface area (Å²) in [5, 5.41) is 0. The highest BCUT2D eigenvalue weighted by atomic mass is 15.1. The number of aryl methyl sites for hydroxylation is 2. The molecule has 0 radical (unpaired) electrons. The third kappa shape index (κ3) is 3.52. The second-order valence-corrected chi connectivity index (χ2v) is 5.06. The molecule has 0 amide bonds. The topological polar surface area (TPSA) is 29.0 Å². The van der Waals surface area contributed by atoms with E-state index in [1.165, 1.54) is 11.3 Å². The van der Waals surface area contributed by atoms with Crippen LogP contribution in [0.2, 0.25) is 0 Å². The van der Waals surface area contributed by atoms with Crippen molar-refractivity contribution in [3.05, 3.63) is 22.8 Å². The van der Waals surface area contributed by atoms with Gasteiger partial charge in [-0.1, -0.05) is 34.6 Å². The molecule has 0 N–H and O–H groups in total. The van der Waals surface area contributed by atoms with Gasteiger partial charge >= 0.3 is 0 Å². The van der Waals surface area contributed by atoms with E-state index < -0.39 is 0 Å². The summed E-state index contributed by atoms with van der Waals surface area (Å²) in [6, 6.07) is 0. The lowest BCUT2D eigenvalue weighted by Crippen LogP contribution is -2.24. The monoisotopic (exact) mass is 249 g/mol. The van der Waals surface area contributed by atoms with Gasteiger partial charge in [0.05, 0.1) is 6.54 Å². The standard InChI is InChI=1S/C15H27N3/c1-7-13-15(11(4)5)12(6)16-14(17-13)10-18(8-2)9-3/h11H,7-10H2,1-6H3. The first-order valence-electron chi connectivity index (χ1n) is 7.11. The molecule has 0 saturated carbocycles. The van der Waals surface area contributed by atoms with Crippen LogP contribution in [0.3, 0.4) is 0 Å². The van der Waals surface area contributed by atoms with Crippen molar-refractivity contribution in [3.8, 4) is 0 Å². The van der Waals surface area contributed by atoms with E-state index in [2.05, 4.69) is 51.4 Å². The van der Waals surface area contributed by atoms with Crippen LogP contribution >= 0.6 is 0 Å². The Bertz CT molecular complexity index is 382. The van der Waals surface area contributed by atoms with Gasteiger partial charge in [0.1, 0.15) is 5.82 Å². The minimum atomic E-state index is 0.502. The van der Waals surface area contributed by atoms with Crippen LogP contribution in [-0.4, -0.2) is 28.0 Å². The maximum Gasteiger partial charge on any atom is 0.142 e. The molecule has 1 rings (SSSR count). The first-order valence-corrected chi connectivity index (χ1v) is 7.11. The first-order chi connectivity index (χ1) is 8.53. The second-order valence-electron chi connectivity index (χ2n) is 5.06. The molecule has 0 aliphatic heterocycles. The average Bonchev–Trinajstić information content (AvgIpc) is 2.34. The van der Waals surface area contributed by atoms with Gasteiger partial charge < -0.3 is 0 Å². The zero-order valence-electron chi connectivity index (χ0n) is 12.7. The number of hydrogen-bond donors (Lipinski definition) is 0. The van der Waals surface area contributed by atoms with Gasteiger partial charge in [0, 0.05) is 11.4 Å². The van der Waals surface area contributed by atoms with Gasteiger partial charge in [0.25, 0.3) is 0 Å². The predicted molar refractivity (Wildman–Crippen MR) is 76.9 cm³/mol. The molecule has 3 nitrogen and oxygen atoms in total. The molecule has 0 aliphatic carbocycles. The van der Waals surface area contributed by atoms with Crippen LogP contribution in [0, 0.1) is 6.92 Å². The fraction of sp³-hybridized carbons (Fsp3) is 0.733. The highest BCUT2D eigenvalue weighted by Gasteiger charge is 2.14. The normalized spacial score (nSPS) is 11.6. The van der Waals surface area contributed by atoms with Gasteiger partial charge in [0.15, 0.2) is 0 Å². The molecule has 0 aromatic carbocycles. The number of nitrogens with zero attached hydrogens (tertiary/aromatic N) is 3. The van der Waals surface area contributed by atoms with E-state index in [9.17, 15) is 0 Å². The maximum atomic E-state index is 4.76. The van der Waals surface area contributed by atoms with Crippen LogP contribution in [0.15, 0.2) is 0 Å². The zero-order valence-corrected chi connectivity index (χ0v) is 12.7. The fourth-order valence-corrected chi connectivity index (χ4v) is 2.44. The molecule has 0 saturated heterocycles. The molecule has 18 heavy (non-hydrogen) atoms. The Hall–Kier alpha value is -0.960. The SMILES string of the molecule is CCc1nc(CN(CC)CC)nc(C)c1C(C)C. The Balaban J connectivity index is 3.06. The Morgan fingerprint density at radius 1 is 1.06 bits per heavy atom. The molecule has 0 fully saturated rings. The molecule has 3 heteroatoms. The minimum absolute atomic E-state index is 0.502. The van der Waals surface area contributed by atoms with E-state index in [4.69, 9.17) is 4.98 Å². The van der Waals surface area contributed by atoms with E-state index in [-0.39, 0.29) is 0 Å². The summed E-state index contributed by atoms with van der Waals surface area (Å²) in [7, 11) is 0. The summed E-state index contributed by atoms with van der Waals surface area (Å²) < 4.78 is 0. The van der Waals surface area contributed by atoms with Crippen molar-refractivity contribution in [2.45, 2.75) is 60.4 Å². The van der Waals surface area contributed by atoms with Gasteiger partial charge in [-0.3, -0.25) is 4.90 Å². The first kappa shape index (κ1) is 15.1. The van der Waals surface area contributed by atoms with Gasteiger partial charge in [-0.15, -0.1) is 0 Å². The van der Waals surface area contributed by atoms with E-state index in [0.29, 0.717) is 5.92 Å². The molecule has 0 unspecified atom stereocenters. The average molecular weight is 249 g/mol. The highest BCUT2D eigenvalue weighted by molar-refractivity contribution is 5.28. The summed E-state index contributed by atoms with van der Waals surface area (Å²) in [4.78, 5) is 11.8. The lowest BCUT2D eigenvalue weighted by molar-refractivity contribution is 0.287. The third-order valence-corrected chi connectivity index (χ3v) is 3.43. The number of aromatic nitrogens is 2. The molecule has 0 spiro atoms.